The van der Waals surface area contributed by atoms with Crippen molar-refractivity contribution in [1.82, 2.24) is 14.8 Å². The molecule has 0 unspecified atom stereocenters. The second-order valence-electron chi connectivity index (χ2n) is 4.64. The van der Waals surface area contributed by atoms with Crippen LogP contribution in [0.25, 0.3) is 5.69 Å². The minimum absolute atomic E-state index is 0.335. The Hall–Kier alpha value is -1.69. The van der Waals surface area contributed by atoms with Crippen LogP contribution >= 0.6 is 11.6 Å². The summed E-state index contributed by atoms with van der Waals surface area (Å²) in [6.45, 7) is 0.185. The van der Waals surface area contributed by atoms with Gasteiger partial charge in [-0.05, 0) is 12.5 Å². The fourth-order valence-electron chi connectivity index (χ4n) is 2.28. The summed E-state index contributed by atoms with van der Waals surface area (Å²) in [5, 5.41) is 4.60. The quantitative estimate of drug-likeness (QED) is 0.854. The third-order valence-corrected chi connectivity index (χ3v) is 3.36. The zero-order chi connectivity index (χ0) is 14.2. The standard InChI is InChI=1S/C13H12ClF2N4/c14-10-6-18-20(8-10)11-2-4-17-7-12(11)19-5-1-3-13(15,16)9-19/h2-4,6-8H,1,5,9H2. The summed E-state index contributed by atoms with van der Waals surface area (Å²) in [5.74, 6) is -2.78. The molecule has 1 saturated heterocycles. The molecule has 0 spiro atoms. The first kappa shape index (κ1) is 13.3. The Morgan fingerprint density at radius 2 is 2.10 bits per heavy atom. The number of pyridine rings is 1. The number of aromatic nitrogens is 3. The highest BCUT2D eigenvalue weighted by molar-refractivity contribution is 6.30. The molecule has 3 heterocycles. The summed E-state index contributed by atoms with van der Waals surface area (Å²) < 4.78 is 28.6. The van der Waals surface area contributed by atoms with Crippen molar-refractivity contribution in [2.45, 2.75) is 12.3 Å². The average Bonchev–Trinajstić information content (AvgIpc) is 2.84. The lowest BCUT2D eigenvalue weighted by Gasteiger charge is -2.34. The second-order valence-corrected chi connectivity index (χ2v) is 5.08. The lowest BCUT2D eigenvalue weighted by Crippen LogP contribution is -2.43. The van der Waals surface area contributed by atoms with Crippen molar-refractivity contribution >= 4 is 17.3 Å². The molecule has 1 fully saturated rings. The van der Waals surface area contributed by atoms with Crippen molar-refractivity contribution in [3.05, 3.63) is 42.3 Å². The van der Waals surface area contributed by atoms with Crippen molar-refractivity contribution in [2.75, 3.05) is 18.0 Å². The molecule has 0 saturated carbocycles. The molecule has 1 aliphatic heterocycles. The van der Waals surface area contributed by atoms with Crippen LogP contribution in [0.1, 0.15) is 6.42 Å². The fraction of sp³-hybridized carbons (Fsp3) is 0.308. The van der Waals surface area contributed by atoms with Crippen LogP contribution in [0.15, 0.2) is 30.9 Å². The van der Waals surface area contributed by atoms with Gasteiger partial charge in [0.1, 0.15) is 0 Å². The van der Waals surface area contributed by atoms with Crippen LogP contribution in [-0.2, 0) is 0 Å². The average molecular weight is 298 g/mol. The first-order valence-electron chi connectivity index (χ1n) is 6.17. The molecule has 0 aliphatic carbocycles. The normalized spacial score (nSPS) is 18.2. The maximum Gasteiger partial charge on any atom is 0.268 e. The summed E-state index contributed by atoms with van der Waals surface area (Å²) in [6.07, 6.45) is 7.71. The van der Waals surface area contributed by atoms with Crippen LogP contribution in [0.4, 0.5) is 14.5 Å². The monoisotopic (exact) mass is 297 g/mol. The van der Waals surface area contributed by atoms with E-state index >= 15 is 0 Å². The maximum atomic E-state index is 13.5. The molecule has 2 aromatic rings. The minimum Gasteiger partial charge on any atom is -0.362 e. The molecule has 0 aromatic carbocycles. The van der Waals surface area contributed by atoms with Crippen molar-refractivity contribution in [3.8, 4) is 5.69 Å². The number of nitrogens with zero attached hydrogens (tertiary/aromatic N) is 4. The summed E-state index contributed by atoms with van der Waals surface area (Å²) >= 11 is 5.86. The van der Waals surface area contributed by atoms with E-state index < -0.39 is 5.92 Å². The summed E-state index contributed by atoms with van der Waals surface area (Å²) in [7, 11) is 0. The number of halogens is 3. The van der Waals surface area contributed by atoms with Crippen molar-refractivity contribution in [2.24, 2.45) is 0 Å². The van der Waals surface area contributed by atoms with Gasteiger partial charge in [0, 0.05) is 25.4 Å². The molecule has 0 amide bonds. The summed E-state index contributed by atoms with van der Waals surface area (Å²) in [5.41, 5.74) is 1.31. The number of rotatable bonds is 2. The number of hydrogen-bond acceptors (Lipinski definition) is 3. The topological polar surface area (TPSA) is 34.0 Å². The molecule has 20 heavy (non-hydrogen) atoms. The number of anilines is 1. The van der Waals surface area contributed by atoms with Crippen molar-refractivity contribution < 1.29 is 8.78 Å². The van der Waals surface area contributed by atoms with Gasteiger partial charge in [-0.1, -0.05) is 11.6 Å². The predicted molar refractivity (Wildman–Crippen MR) is 72.4 cm³/mol. The molecule has 0 atom stereocenters. The maximum absolute atomic E-state index is 13.5. The van der Waals surface area contributed by atoms with E-state index in [1.165, 1.54) is 6.20 Å². The van der Waals surface area contributed by atoms with Gasteiger partial charge in [-0.3, -0.25) is 4.98 Å². The Morgan fingerprint density at radius 3 is 2.80 bits per heavy atom. The van der Waals surface area contributed by atoms with E-state index in [0.717, 1.165) is 6.42 Å². The molecule has 105 valence electrons. The molecule has 4 nitrogen and oxygen atoms in total. The fourth-order valence-corrected chi connectivity index (χ4v) is 2.42. The molecule has 2 aromatic heterocycles. The minimum atomic E-state index is -2.78. The SMILES string of the molecule is FC1(F)[CH]CCN(c2cnccc2-n2cc(Cl)cn2)C1. The predicted octanol–water partition coefficient (Wildman–Crippen LogP) is 2.97. The van der Waals surface area contributed by atoms with E-state index in [0.29, 0.717) is 29.4 Å². The molecule has 0 bridgehead atoms. The van der Waals surface area contributed by atoms with Crippen LogP contribution in [0, 0.1) is 6.42 Å². The molecule has 1 radical (unpaired) electrons. The van der Waals surface area contributed by atoms with E-state index in [1.807, 2.05) is 0 Å². The van der Waals surface area contributed by atoms with E-state index in [4.69, 9.17) is 11.6 Å². The van der Waals surface area contributed by atoms with Gasteiger partial charge in [0.2, 0.25) is 0 Å². The van der Waals surface area contributed by atoms with Gasteiger partial charge in [-0.15, -0.1) is 0 Å². The van der Waals surface area contributed by atoms with Gasteiger partial charge >= 0.3 is 0 Å². The summed E-state index contributed by atoms with van der Waals surface area (Å²) in [6, 6.07) is 1.73. The van der Waals surface area contributed by atoms with Gasteiger partial charge in [-0.2, -0.15) is 5.10 Å². The number of hydrogen-bond donors (Lipinski definition) is 0. The lowest BCUT2D eigenvalue weighted by molar-refractivity contribution is 0.0328. The molecule has 7 heteroatoms. The summed E-state index contributed by atoms with van der Waals surface area (Å²) in [4.78, 5) is 5.65. The highest BCUT2D eigenvalue weighted by Gasteiger charge is 2.36. The number of alkyl halides is 2. The smallest absolute Gasteiger partial charge is 0.268 e. The molecule has 3 rings (SSSR count). The second kappa shape index (κ2) is 5.01. The zero-order valence-corrected chi connectivity index (χ0v) is 11.3. The van der Waals surface area contributed by atoms with Crippen LogP contribution in [0.5, 0.6) is 0 Å². The van der Waals surface area contributed by atoms with Gasteiger partial charge in [0.05, 0.1) is 35.3 Å². The Kier molecular flexibility index (Phi) is 3.33. The highest BCUT2D eigenvalue weighted by Crippen LogP contribution is 2.32. The highest BCUT2D eigenvalue weighted by atomic mass is 35.5. The van der Waals surface area contributed by atoms with E-state index in [2.05, 4.69) is 10.1 Å². The van der Waals surface area contributed by atoms with Crippen LogP contribution < -0.4 is 4.90 Å². The van der Waals surface area contributed by atoms with E-state index in [9.17, 15) is 8.78 Å². The molecule has 1 aliphatic rings. The third kappa shape index (κ3) is 2.60. The first-order valence-corrected chi connectivity index (χ1v) is 6.55. The molecular formula is C13H12ClF2N4. The molecular weight excluding hydrogens is 286 g/mol. The number of piperidine rings is 1. The largest absolute Gasteiger partial charge is 0.362 e. The first-order chi connectivity index (χ1) is 9.55. The lowest BCUT2D eigenvalue weighted by atomic mass is 10.1. The van der Waals surface area contributed by atoms with E-state index in [-0.39, 0.29) is 6.54 Å². The Balaban J connectivity index is 1.98. The van der Waals surface area contributed by atoms with Gasteiger partial charge in [-0.25, -0.2) is 13.5 Å². The molecule has 0 N–H and O–H groups in total. The van der Waals surface area contributed by atoms with Gasteiger partial charge < -0.3 is 4.90 Å². The van der Waals surface area contributed by atoms with Crippen LogP contribution in [-0.4, -0.2) is 33.8 Å². The van der Waals surface area contributed by atoms with Crippen LogP contribution in [0.3, 0.4) is 0 Å². The third-order valence-electron chi connectivity index (χ3n) is 3.16. The Morgan fingerprint density at radius 1 is 1.25 bits per heavy atom. The van der Waals surface area contributed by atoms with E-state index in [1.54, 1.807) is 34.2 Å². The van der Waals surface area contributed by atoms with Gasteiger partial charge in [0.15, 0.2) is 0 Å². The zero-order valence-electron chi connectivity index (χ0n) is 10.5. The van der Waals surface area contributed by atoms with Gasteiger partial charge in [0.25, 0.3) is 5.92 Å². The van der Waals surface area contributed by atoms with Crippen molar-refractivity contribution in [3.63, 3.8) is 0 Å². The van der Waals surface area contributed by atoms with Crippen LogP contribution in [0.2, 0.25) is 5.02 Å². The van der Waals surface area contributed by atoms with Crippen molar-refractivity contribution in [1.29, 1.82) is 0 Å². The Labute approximate surface area is 120 Å². The Bertz CT molecular complexity index is 614.